The highest BCUT2D eigenvalue weighted by Crippen LogP contribution is 2.30. The first kappa shape index (κ1) is 14.3. The van der Waals surface area contributed by atoms with Crippen molar-refractivity contribution in [2.45, 2.75) is 6.04 Å². The van der Waals surface area contributed by atoms with Gasteiger partial charge in [-0.15, -0.1) is 0 Å². The zero-order chi connectivity index (χ0) is 14.7. The number of hydrogen-bond donors (Lipinski definition) is 1. The summed E-state index contributed by atoms with van der Waals surface area (Å²) in [6.07, 6.45) is 2.77. The molecule has 4 nitrogen and oxygen atoms in total. The van der Waals surface area contributed by atoms with Crippen LogP contribution in [0.5, 0.6) is 5.88 Å². The molecule has 1 aromatic carbocycles. The Balaban J connectivity index is 2.59. The molecule has 0 radical (unpaired) electrons. The molecule has 0 saturated carbocycles. The van der Waals surface area contributed by atoms with Crippen LogP contribution in [-0.2, 0) is 0 Å². The van der Waals surface area contributed by atoms with Crippen molar-refractivity contribution in [2.75, 3.05) is 14.2 Å². The van der Waals surface area contributed by atoms with Gasteiger partial charge in [0.2, 0.25) is 5.88 Å². The number of rotatable bonds is 4. The van der Waals surface area contributed by atoms with Crippen molar-refractivity contribution >= 4 is 0 Å². The Hall–Kier alpha value is -2.15. The maximum atomic E-state index is 13.9. The predicted octanol–water partition coefficient (Wildman–Crippen LogP) is 2.21. The van der Waals surface area contributed by atoms with Crippen LogP contribution in [0.25, 0.3) is 0 Å². The minimum atomic E-state index is -1.01. The average molecular weight is 283 g/mol. The van der Waals surface area contributed by atoms with Crippen LogP contribution in [0.2, 0.25) is 0 Å². The molecule has 1 aromatic heterocycles. The molecule has 7 heteroatoms. The van der Waals surface area contributed by atoms with Crippen LogP contribution in [0, 0.1) is 17.5 Å². The number of nitrogens with zero attached hydrogens (tertiary/aromatic N) is 2. The molecule has 20 heavy (non-hydrogen) atoms. The Morgan fingerprint density at radius 1 is 1.10 bits per heavy atom. The van der Waals surface area contributed by atoms with Crippen LogP contribution in [-0.4, -0.2) is 24.1 Å². The van der Waals surface area contributed by atoms with Crippen molar-refractivity contribution < 1.29 is 17.9 Å². The largest absolute Gasteiger partial charge is 0.480 e. The normalized spacial score (nSPS) is 12.2. The van der Waals surface area contributed by atoms with Crippen molar-refractivity contribution in [3.05, 3.63) is 53.2 Å². The summed E-state index contributed by atoms with van der Waals surface area (Å²) in [6, 6.07) is 0.288. The van der Waals surface area contributed by atoms with Gasteiger partial charge in [-0.1, -0.05) is 0 Å². The lowest BCUT2D eigenvalue weighted by Gasteiger charge is -2.19. The van der Waals surface area contributed by atoms with Crippen LogP contribution >= 0.6 is 0 Å². The van der Waals surface area contributed by atoms with E-state index >= 15 is 0 Å². The van der Waals surface area contributed by atoms with E-state index in [1.54, 1.807) is 0 Å². The van der Waals surface area contributed by atoms with E-state index < -0.39 is 23.5 Å². The number of nitrogens with one attached hydrogen (secondary N) is 1. The van der Waals surface area contributed by atoms with E-state index in [0.717, 1.165) is 0 Å². The van der Waals surface area contributed by atoms with Gasteiger partial charge in [-0.05, 0) is 7.05 Å². The summed E-state index contributed by atoms with van der Waals surface area (Å²) in [4.78, 5) is 7.95. The Kier molecular flexibility index (Phi) is 4.19. The van der Waals surface area contributed by atoms with Crippen molar-refractivity contribution in [3.63, 3.8) is 0 Å². The number of hydrogen-bond acceptors (Lipinski definition) is 4. The fourth-order valence-electron chi connectivity index (χ4n) is 1.94. The van der Waals surface area contributed by atoms with Crippen LogP contribution in [0.1, 0.15) is 17.3 Å². The molecular weight excluding hydrogens is 271 g/mol. The van der Waals surface area contributed by atoms with Crippen LogP contribution in [0.4, 0.5) is 13.2 Å². The summed E-state index contributed by atoms with van der Waals surface area (Å²) in [6.45, 7) is 0. The van der Waals surface area contributed by atoms with E-state index in [4.69, 9.17) is 4.74 Å². The number of halogens is 3. The van der Waals surface area contributed by atoms with Gasteiger partial charge in [-0.25, -0.2) is 18.2 Å². The van der Waals surface area contributed by atoms with Gasteiger partial charge in [0.15, 0.2) is 0 Å². The van der Waals surface area contributed by atoms with E-state index in [-0.39, 0.29) is 17.1 Å². The fourth-order valence-corrected chi connectivity index (χ4v) is 1.94. The molecular formula is C13H12F3N3O. The van der Waals surface area contributed by atoms with Crippen LogP contribution < -0.4 is 10.1 Å². The van der Waals surface area contributed by atoms with Crippen LogP contribution in [0.15, 0.2) is 24.5 Å². The first-order valence-corrected chi connectivity index (χ1v) is 5.75. The maximum absolute atomic E-state index is 13.9. The summed E-state index contributed by atoms with van der Waals surface area (Å²) < 4.78 is 45.7. The first-order valence-electron chi connectivity index (χ1n) is 5.75. The number of methoxy groups -OCH3 is 1. The maximum Gasteiger partial charge on any atom is 0.237 e. The molecule has 0 spiro atoms. The quantitative estimate of drug-likeness (QED) is 0.934. The summed E-state index contributed by atoms with van der Waals surface area (Å²) in [5, 5.41) is 2.73. The van der Waals surface area contributed by atoms with Gasteiger partial charge >= 0.3 is 0 Å². The van der Waals surface area contributed by atoms with Gasteiger partial charge in [0.05, 0.1) is 13.2 Å². The van der Waals surface area contributed by atoms with E-state index in [1.165, 1.54) is 26.6 Å². The Morgan fingerprint density at radius 2 is 1.70 bits per heavy atom. The molecule has 2 aromatic rings. The topological polar surface area (TPSA) is 47.0 Å². The molecule has 106 valence electrons. The summed E-state index contributed by atoms with van der Waals surface area (Å²) in [5.74, 6) is -2.86. The standard InChI is InChI=1S/C13H12F3N3O/c1-17-11(12-13(20-2)19-4-3-18-12)10-8(15)5-7(14)6-9(10)16/h3-6,11,17H,1-2H3. The van der Waals surface area contributed by atoms with Gasteiger partial charge in [0, 0.05) is 30.1 Å². The third kappa shape index (κ3) is 2.57. The molecule has 0 aliphatic carbocycles. The highest BCUT2D eigenvalue weighted by molar-refractivity contribution is 5.34. The van der Waals surface area contributed by atoms with Gasteiger partial charge in [0.1, 0.15) is 23.1 Å². The number of benzene rings is 1. The summed E-state index contributed by atoms with van der Waals surface area (Å²) in [7, 11) is 2.87. The molecule has 0 aliphatic heterocycles. The van der Waals surface area contributed by atoms with Crippen molar-refractivity contribution in [1.82, 2.24) is 15.3 Å². The first-order chi connectivity index (χ1) is 9.58. The lowest BCUT2D eigenvalue weighted by Crippen LogP contribution is -2.22. The third-order valence-electron chi connectivity index (χ3n) is 2.78. The van der Waals surface area contributed by atoms with Crippen molar-refractivity contribution in [3.8, 4) is 5.88 Å². The number of aromatic nitrogens is 2. The highest BCUT2D eigenvalue weighted by atomic mass is 19.1. The van der Waals surface area contributed by atoms with Gasteiger partial charge in [-0.3, -0.25) is 4.98 Å². The molecule has 0 amide bonds. The third-order valence-corrected chi connectivity index (χ3v) is 2.78. The van der Waals surface area contributed by atoms with E-state index in [1.807, 2.05) is 0 Å². The molecule has 1 atom stereocenters. The average Bonchev–Trinajstić information content (AvgIpc) is 2.42. The Labute approximate surface area is 113 Å². The Bertz CT molecular complexity index is 599. The monoisotopic (exact) mass is 283 g/mol. The van der Waals surface area contributed by atoms with E-state index in [0.29, 0.717) is 12.1 Å². The van der Waals surface area contributed by atoms with Crippen molar-refractivity contribution in [1.29, 1.82) is 0 Å². The molecule has 1 N–H and O–H groups in total. The molecule has 0 fully saturated rings. The molecule has 0 saturated heterocycles. The Morgan fingerprint density at radius 3 is 2.25 bits per heavy atom. The fraction of sp³-hybridized carbons (Fsp3) is 0.231. The van der Waals surface area contributed by atoms with Crippen LogP contribution in [0.3, 0.4) is 0 Å². The lowest BCUT2D eigenvalue weighted by atomic mass is 10.0. The SMILES string of the molecule is CNC(c1nccnc1OC)c1c(F)cc(F)cc1F. The van der Waals surface area contributed by atoms with E-state index in [2.05, 4.69) is 15.3 Å². The second-order valence-electron chi connectivity index (χ2n) is 3.96. The second-order valence-corrected chi connectivity index (χ2v) is 3.96. The highest BCUT2D eigenvalue weighted by Gasteiger charge is 2.26. The smallest absolute Gasteiger partial charge is 0.237 e. The second kappa shape index (κ2) is 5.87. The predicted molar refractivity (Wildman–Crippen MR) is 65.8 cm³/mol. The molecule has 1 unspecified atom stereocenters. The molecule has 2 rings (SSSR count). The molecule has 0 bridgehead atoms. The van der Waals surface area contributed by atoms with Gasteiger partial charge < -0.3 is 10.1 Å². The lowest BCUT2D eigenvalue weighted by molar-refractivity contribution is 0.381. The molecule has 0 aliphatic rings. The van der Waals surface area contributed by atoms with E-state index in [9.17, 15) is 13.2 Å². The van der Waals surface area contributed by atoms with Gasteiger partial charge in [0.25, 0.3) is 0 Å². The van der Waals surface area contributed by atoms with Crippen molar-refractivity contribution in [2.24, 2.45) is 0 Å². The molecule has 1 heterocycles. The number of ether oxygens (including phenoxy) is 1. The zero-order valence-electron chi connectivity index (χ0n) is 10.8. The zero-order valence-corrected chi connectivity index (χ0v) is 10.8. The summed E-state index contributed by atoms with van der Waals surface area (Å²) >= 11 is 0. The minimum absolute atomic E-state index is 0.134. The minimum Gasteiger partial charge on any atom is -0.480 e. The van der Waals surface area contributed by atoms with Gasteiger partial charge in [-0.2, -0.15) is 0 Å². The summed E-state index contributed by atoms with van der Waals surface area (Å²) in [5.41, 5.74) is -0.130.